The number of sulfonamides is 1. The van der Waals surface area contributed by atoms with Crippen LogP contribution in [0.3, 0.4) is 0 Å². The van der Waals surface area contributed by atoms with Crippen molar-refractivity contribution < 1.29 is 8.42 Å². The highest BCUT2D eigenvalue weighted by Crippen LogP contribution is 2.35. The van der Waals surface area contributed by atoms with Gasteiger partial charge in [-0.15, -0.1) is 0 Å². The summed E-state index contributed by atoms with van der Waals surface area (Å²) in [5, 5.41) is 0. The zero-order chi connectivity index (χ0) is 11.8. The molecule has 0 aromatic heterocycles. The second kappa shape index (κ2) is 4.18. The van der Waals surface area contributed by atoms with E-state index in [4.69, 9.17) is 0 Å². The highest BCUT2D eigenvalue weighted by molar-refractivity contribution is 7.89. The number of hydrogen-bond acceptors (Lipinski definition) is 2. The first-order valence-corrected chi connectivity index (χ1v) is 7.20. The standard InChI is InChI=1S/C12H17NO2S/c1-3-16(14,15)13(2)12-9-8-10-6-4-5-7-11(10)12/h4-7,12H,3,8-9H2,1-2H3/t12-/m0/s1. The van der Waals surface area contributed by atoms with Crippen LogP contribution in [0.1, 0.15) is 30.5 Å². The molecule has 1 aromatic rings. The molecule has 88 valence electrons. The third-order valence-electron chi connectivity index (χ3n) is 3.34. The quantitative estimate of drug-likeness (QED) is 0.808. The number of rotatable bonds is 3. The fourth-order valence-electron chi connectivity index (χ4n) is 2.31. The largest absolute Gasteiger partial charge is 0.214 e. The molecule has 0 saturated heterocycles. The first-order chi connectivity index (χ1) is 7.56. The van der Waals surface area contributed by atoms with E-state index in [9.17, 15) is 8.42 Å². The maximum atomic E-state index is 11.8. The van der Waals surface area contributed by atoms with Gasteiger partial charge in [-0.05, 0) is 30.9 Å². The Morgan fingerprint density at radius 3 is 2.75 bits per heavy atom. The minimum atomic E-state index is -3.09. The van der Waals surface area contributed by atoms with Crippen LogP contribution < -0.4 is 0 Å². The molecule has 3 nitrogen and oxygen atoms in total. The highest BCUT2D eigenvalue weighted by Gasteiger charge is 2.31. The molecule has 1 atom stereocenters. The molecule has 0 spiro atoms. The molecule has 1 aromatic carbocycles. The van der Waals surface area contributed by atoms with Crippen molar-refractivity contribution in [3.8, 4) is 0 Å². The van der Waals surface area contributed by atoms with Gasteiger partial charge < -0.3 is 0 Å². The predicted octanol–water partition coefficient (Wildman–Crippen LogP) is 1.96. The van der Waals surface area contributed by atoms with Gasteiger partial charge in [0.05, 0.1) is 5.75 Å². The maximum Gasteiger partial charge on any atom is 0.214 e. The molecule has 16 heavy (non-hydrogen) atoms. The summed E-state index contributed by atoms with van der Waals surface area (Å²) in [7, 11) is -1.40. The lowest BCUT2D eigenvalue weighted by Gasteiger charge is -2.24. The van der Waals surface area contributed by atoms with Crippen molar-refractivity contribution in [1.29, 1.82) is 0 Å². The summed E-state index contributed by atoms with van der Waals surface area (Å²) in [5.41, 5.74) is 2.45. The number of benzene rings is 1. The van der Waals surface area contributed by atoms with Crippen LogP contribution in [-0.2, 0) is 16.4 Å². The minimum Gasteiger partial charge on any atom is -0.212 e. The predicted molar refractivity (Wildman–Crippen MR) is 64.7 cm³/mol. The third-order valence-corrected chi connectivity index (χ3v) is 5.21. The number of nitrogens with zero attached hydrogens (tertiary/aromatic N) is 1. The Morgan fingerprint density at radius 1 is 1.38 bits per heavy atom. The van der Waals surface area contributed by atoms with Crippen LogP contribution in [0.5, 0.6) is 0 Å². The average Bonchev–Trinajstić information content (AvgIpc) is 2.71. The summed E-state index contributed by atoms with van der Waals surface area (Å²) in [6.07, 6.45) is 1.87. The van der Waals surface area contributed by atoms with Crippen molar-refractivity contribution in [2.45, 2.75) is 25.8 Å². The number of aryl methyl sites for hydroxylation is 1. The second-order valence-corrected chi connectivity index (χ2v) is 6.49. The van der Waals surface area contributed by atoms with Crippen molar-refractivity contribution in [3.05, 3.63) is 35.4 Å². The average molecular weight is 239 g/mol. The summed E-state index contributed by atoms with van der Waals surface area (Å²) in [6, 6.07) is 8.14. The lowest BCUT2D eigenvalue weighted by Crippen LogP contribution is -2.31. The highest BCUT2D eigenvalue weighted by atomic mass is 32.2. The van der Waals surface area contributed by atoms with Crippen molar-refractivity contribution in [2.24, 2.45) is 0 Å². The maximum absolute atomic E-state index is 11.8. The Kier molecular flexibility index (Phi) is 3.04. The summed E-state index contributed by atoms with van der Waals surface area (Å²) in [6.45, 7) is 1.69. The Morgan fingerprint density at radius 2 is 2.06 bits per heavy atom. The van der Waals surface area contributed by atoms with Crippen LogP contribution in [0.2, 0.25) is 0 Å². The Hall–Kier alpha value is -0.870. The lowest BCUT2D eigenvalue weighted by molar-refractivity contribution is 0.375. The molecule has 0 aliphatic heterocycles. The summed E-state index contributed by atoms with van der Waals surface area (Å²) in [5.74, 6) is 0.169. The van der Waals surface area contributed by atoms with Crippen LogP contribution in [0.15, 0.2) is 24.3 Å². The lowest BCUT2D eigenvalue weighted by atomic mass is 10.1. The first kappa shape index (κ1) is 11.6. The van der Waals surface area contributed by atoms with E-state index >= 15 is 0 Å². The zero-order valence-electron chi connectivity index (χ0n) is 9.68. The normalized spacial score (nSPS) is 20.1. The molecule has 0 radical (unpaired) electrons. The van der Waals surface area contributed by atoms with Crippen LogP contribution in [0, 0.1) is 0 Å². The molecule has 4 heteroatoms. The van der Waals surface area contributed by atoms with Gasteiger partial charge in [-0.2, -0.15) is 4.31 Å². The van der Waals surface area contributed by atoms with Gasteiger partial charge in [0.2, 0.25) is 10.0 Å². The molecular formula is C12H17NO2S. The van der Waals surface area contributed by atoms with E-state index in [-0.39, 0.29) is 11.8 Å². The van der Waals surface area contributed by atoms with Gasteiger partial charge in [-0.3, -0.25) is 0 Å². The number of fused-ring (bicyclic) bond motifs is 1. The molecule has 0 saturated carbocycles. The summed E-state index contributed by atoms with van der Waals surface area (Å²) >= 11 is 0. The molecule has 0 unspecified atom stereocenters. The SMILES string of the molecule is CCS(=O)(=O)N(C)[C@H]1CCc2ccccc21. The van der Waals surface area contributed by atoms with E-state index in [1.807, 2.05) is 18.2 Å². The van der Waals surface area contributed by atoms with E-state index in [1.54, 1.807) is 14.0 Å². The monoisotopic (exact) mass is 239 g/mol. The summed E-state index contributed by atoms with van der Waals surface area (Å²) in [4.78, 5) is 0. The molecule has 2 rings (SSSR count). The van der Waals surface area contributed by atoms with E-state index in [1.165, 1.54) is 15.4 Å². The fourth-order valence-corrected chi connectivity index (χ4v) is 3.32. The molecule has 0 heterocycles. The van der Waals surface area contributed by atoms with E-state index < -0.39 is 10.0 Å². The zero-order valence-corrected chi connectivity index (χ0v) is 10.5. The van der Waals surface area contributed by atoms with Gasteiger partial charge in [0.25, 0.3) is 0 Å². The van der Waals surface area contributed by atoms with E-state index in [0.29, 0.717) is 0 Å². The van der Waals surface area contributed by atoms with Gasteiger partial charge >= 0.3 is 0 Å². The molecule has 0 fully saturated rings. The van der Waals surface area contributed by atoms with Gasteiger partial charge in [0.1, 0.15) is 0 Å². The van der Waals surface area contributed by atoms with Crippen LogP contribution >= 0.6 is 0 Å². The van der Waals surface area contributed by atoms with Gasteiger partial charge in [0, 0.05) is 13.1 Å². The molecule has 1 aliphatic rings. The fraction of sp³-hybridized carbons (Fsp3) is 0.500. The Balaban J connectivity index is 2.33. The smallest absolute Gasteiger partial charge is 0.212 e. The van der Waals surface area contributed by atoms with Gasteiger partial charge in [-0.1, -0.05) is 24.3 Å². The van der Waals surface area contributed by atoms with E-state index in [2.05, 4.69) is 6.07 Å². The van der Waals surface area contributed by atoms with Crippen LogP contribution in [-0.4, -0.2) is 25.5 Å². The van der Waals surface area contributed by atoms with Crippen LogP contribution in [0.25, 0.3) is 0 Å². The molecule has 0 amide bonds. The molecule has 0 bridgehead atoms. The Bertz CT molecular complexity index is 482. The molecular weight excluding hydrogens is 222 g/mol. The topological polar surface area (TPSA) is 37.4 Å². The van der Waals surface area contributed by atoms with Crippen LogP contribution in [0.4, 0.5) is 0 Å². The molecule has 1 aliphatic carbocycles. The molecule has 0 N–H and O–H groups in total. The number of hydrogen-bond donors (Lipinski definition) is 0. The Labute approximate surface area is 97.1 Å². The second-order valence-electron chi connectivity index (χ2n) is 4.17. The van der Waals surface area contributed by atoms with Crippen molar-refractivity contribution in [3.63, 3.8) is 0 Å². The van der Waals surface area contributed by atoms with Gasteiger partial charge in [0.15, 0.2) is 0 Å². The van der Waals surface area contributed by atoms with Crippen molar-refractivity contribution in [1.82, 2.24) is 4.31 Å². The first-order valence-electron chi connectivity index (χ1n) is 5.59. The van der Waals surface area contributed by atoms with E-state index in [0.717, 1.165) is 12.8 Å². The van der Waals surface area contributed by atoms with Crippen molar-refractivity contribution >= 4 is 10.0 Å². The minimum absolute atomic E-state index is 0.0288. The van der Waals surface area contributed by atoms with Gasteiger partial charge in [-0.25, -0.2) is 8.42 Å². The third kappa shape index (κ3) is 1.87. The van der Waals surface area contributed by atoms with Crippen molar-refractivity contribution in [2.75, 3.05) is 12.8 Å². The summed E-state index contributed by atoms with van der Waals surface area (Å²) < 4.78 is 25.2.